The molecule has 0 bridgehead atoms. The smallest absolute Gasteiger partial charge is 0.293 e. The van der Waals surface area contributed by atoms with Gasteiger partial charge in [-0.25, -0.2) is 4.98 Å². The summed E-state index contributed by atoms with van der Waals surface area (Å²) in [7, 11) is 0. The van der Waals surface area contributed by atoms with E-state index in [2.05, 4.69) is 10.3 Å². The van der Waals surface area contributed by atoms with Crippen LogP contribution in [0.3, 0.4) is 0 Å². The van der Waals surface area contributed by atoms with Crippen molar-refractivity contribution < 1.29 is 23.9 Å². The van der Waals surface area contributed by atoms with E-state index in [1.165, 1.54) is 11.3 Å². The lowest BCUT2D eigenvalue weighted by atomic mass is 10.2. The van der Waals surface area contributed by atoms with Gasteiger partial charge >= 0.3 is 0 Å². The lowest BCUT2D eigenvalue weighted by Gasteiger charge is -2.12. The van der Waals surface area contributed by atoms with Gasteiger partial charge in [0.15, 0.2) is 11.5 Å². The van der Waals surface area contributed by atoms with Crippen LogP contribution >= 0.6 is 23.1 Å². The molecule has 150 valence electrons. The Morgan fingerprint density at radius 2 is 2.07 bits per heavy atom. The summed E-state index contributed by atoms with van der Waals surface area (Å²) in [5.41, 5.74) is 1.41. The van der Waals surface area contributed by atoms with E-state index in [1.807, 2.05) is 6.92 Å². The summed E-state index contributed by atoms with van der Waals surface area (Å²) in [6, 6.07) is 5.31. The number of aromatic nitrogens is 1. The van der Waals surface area contributed by atoms with Gasteiger partial charge in [0, 0.05) is 13.1 Å². The molecule has 1 aromatic heterocycles. The Balaban J connectivity index is 1.38. The van der Waals surface area contributed by atoms with Crippen molar-refractivity contribution in [3.05, 3.63) is 44.2 Å². The number of fused-ring (bicyclic) bond motifs is 1. The van der Waals surface area contributed by atoms with Gasteiger partial charge in [0.2, 0.25) is 6.79 Å². The van der Waals surface area contributed by atoms with E-state index in [0.29, 0.717) is 27.0 Å². The lowest BCUT2D eigenvalue weighted by Crippen LogP contribution is -2.37. The second-order valence-corrected chi connectivity index (χ2v) is 8.55. The van der Waals surface area contributed by atoms with Gasteiger partial charge in [-0.15, -0.1) is 11.3 Å². The number of imide groups is 1. The number of aryl methyl sites for hydroxylation is 2. The maximum Gasteiger partial charge on any atom is 0.293 e. The molecule has 0 aliphatic carbocycles. The second kappa shape index (κ2) is 7.88. The summed E-state index contributed by atoms with van der Waals surface area (Å²) in [4.78, 5) is 43.3. The number of hydrogen-bond donors (Lipinski definition) is 1. The Hall–Kier alpha value is -2.85. The standard InChI is InChI=1S/C19H17N3O5S2/c1-10-16(28-11(2)21-10)17(23)20-5-6-22-18(24)15(29-19(22)25)8-12-3-4-13-14(7-12)27-9-26-13/h3-4,7-8H,5-6,9H2,1-2H3,(H,20,23). The number of nitrogens with zero attached hydrogens (tertiary/aromatic N) is 2. The predicted molar refractivity (Wildman–Crippen MR) is 109 cm³/mol. The highest BCUT2D eigenvalue weighted by Gasteiger charge is 2.34. The van der Waals surface area contributed by atoms with E-state index in [-0.39, 0.29) is 36.9 Å². The number of carbonyl (C=O) groups is 3. The van der Waals surface area contributed by atoms with E-state index in [1.54, 1.807) is 31.2 Å². The Bertz CT molecular complexity index is 1050. The molecule has 1 fully saturated rings. The molecule has 3 amide bonds. The maximum absolute atomic E-state index is 12.6. The molecule has 0 saturated carbocycles. The van der Waals surface area contributed by atoms with Crippen molar-refractivity contribution in [1.29, 1.82) is 0 Å². The fraction of sp³-hybridized carbons (Fsp3) is 0.263. The number of rotatable bonds is 5. The number of hydrogen-bond acceptors (Lipinski definition) is 8. The monoisotopic (exact) mass is 431 g/mol. The van der Waals surface area contributed by atoms with Crippen molar-refractivity contribution in [2.45, 2.75) is 13.8 Å². The zero-order chi connectivity index (χ0) is 20.5. The van der Waals surface area contributed by atoms with Crippen molar-refractivity contribution in [1.82, 2.24) is 15.2 Å². The number of carbonyl (C=O) groups excluding carboxylic acids is 3. The van der Waals surface area contributed by atoms with Crippen molar-refractivity contribution >= 4 is 46.2 Å². The molecule has 2 aliphatic heterocycles. The summed E-state index contributed by atoms with van der Waals surface area (Å²) in [6.07, 6.45) is 1.65. The number of ether oxygens (including phenoxy) is 2. The summed E-state index contributed by atoms with van der Waals surface area (Å²) < 4.78 is 10.6. The van der Waals surface area contributed by atoms with Crippen LogP contribution in [0.15, 0.2) is 23.1 Å². The van der Waals surface area contributed by atoms with Crippen molar-refractivity contribution in [3.8, 4) is 11.5 Å². The van der Waals surface area contributed by atoms with E-state index >= 15 is 0 Å². The van der Waals surface area contributed by atoms with E-state index in [4.69, 9.17) is 9.47 Å². The highest BCUT2D eigenvalue weighted by molar-refractivity contribution is 8.18. The van der Waals surface area contributed by atoms with Crippen LogP contribution in [0.5, 0.6) is 11.5 Å². The van der Waals surface area contributed by atoms with Crippen molar-refractivity contribution in [2.24, 2.45) is 0 Å². The number of thioether (sulfide) groups is 1. The number of amides is 3. The molecule has 0 unspecified atom stereocenters. The predicted octanol–water partition coefficient (Wildman–Crippen LogP) is 2.95. The Morgan fingerprint density at radius 1 is 1.28 bits per heavy atom. The van der Waals surface area contributed by atoms with Crippen molar-refractivity contribution in [2.75, 3.05) is 19.9 Å². The van der Waals surface area contributed by atoms with Crippen LogP contribution in [0.4, 0.5) is 4.79 Å². The molecule has 29 heavy (non-hydrogen) atoms. The molecule has 0 atom stereocenters. The fourth-order valence-corrected chi connectivity index (χ4v) is 4.65. The first kappa shape index (κ1) is 19.5. The summed E-state index contributed by atoms with van der Waals surface area (Å²) in [5, 5.41) is 3.19. The van der Waals surface area contributed by atoms with Gasteiger partial charge in [-0.1, -0.05) is 6.07 Å². The minimum Gasteiger partial charge on any atom is -0.454 e. The zero-order valence-corrected chi connectivity index (χ0v) is 17.3. The Morgan fingerprint density at radius 3 is 2.83 bits per heavy atom. The third-order valence-electron chi connectivity index (χ3n) is 4.30. The first-order valence-corrected chi connectivity index (χ1v) is 10.4. The lowest BCUT2D eigenvalue weighted by molar-refractivity contribution is -0.122. The van der Waals surface area contributed by atoms with Crippen LogP contribution in [-0.4, -0.2) is 46.8 Å². The average Bonchev–Trinajstić information content (AvgIpc) is 3.35. The molecule has 8 nitrogen and oxygen atoms in total. The SMILES string of the molecule is Cc1nc(C)c(C(=O)NCCN2C(=O)SC(=Cc3ccc4c(c3)OCO4)C2=O)s1. The van der Waals surface area contributed by atoms with Crippen LogP contribution in [0, 0.1) is 13.8 Å². The number of thiazole rings is 1. The molecule has 4 rings (SSSR count). The maximum atomic E-state index is 12.6. The largest absolute Gasteiger partial charge is 0.454 e. The van der Waals surface area contributed by atoms with Gasteiger partial charge in [-0.05, 0) is 49.4 Å². The summed E-state index contributed by atoms with van der Waals surface area (Å²) in [6.45, 7) is 4.05. The number of benzene rings is 1. The molecule has 0 spiro atoms. The van der Waals surface area contributed by atoms with E-state index in [0.717, 1.165) is 27.2 Å². The highest BCUT2D eigenvalue weighted by Crippen LogP contribution is 2.36. The second-order valence-electron chi connectivity index (χ2n) is 6.35. The van der Waals surface area contributed by atoms with Gasteiger partial charge in [-0.2, -0.15) is 0 Å². The minimum atomic E-state index is -0.378. The minimum absolute atomic E-state index is 0.103. The molecule has 3 heterocycles. The quantitative estimate of drug-likeness (QED) is 0.727. The van der Waals surface area contributed by atoms with Crippen LogP contribution < -0.4 is 14.8 Å². The van der Waals surface area contributed by atoms with Gasteiger partial charge in [0.05, 0.1) is 15.6 Å². The molecule has 2 aromatic rings. The van der Waals surface area contributed by atoms with Crippen LogP contribution in [0.2, 0.25) is 0 Å². The molecular formula is C19H17N3O5S2. The molecule has 0 radical (unpaired) electrons. The molecule has 1 aromatic carbocycles. The van der Waals surface area contributed by atoms with Gasteiger partial charge < -0.3 is 14.8 Å². The Kier molecular flexibility index (Phi) is 5.29. The van der Waals surface area contributed by atoms with Gasteiger partial charge in [0.25, 0.3) is 17.1 Å². The van der Waals surface area contributed by atoms with E-state index in [9.17, 15) is 14.4 Å². The Labute approximate surface area is 174 Å². The zero-order valence-electron chi connectivity index (χ0n) is 15.7. The average molecular weight is 431 g/mol. The van der Waals surface area contributed by atoms with Crippen LogP contribution in [0.1, 0.15) is 25.9 Å². The highest BCUT2D eigenvalue weighted by atomic mass is 32.2. The summed E-state index contributed by atoms with van der Waals surface area (Å²) >= 11 is 2.19. The molecule has 2 aliphatic rings. The first-order chi connectivity index (χ1) is 13.9. The topological polar surface area (TPSA) is 97.8 Å². The normalized spacial score (nSPS) is 16.8. The summed E-state index contributed by atoms with van der Waals surface area (Å²) in [5.74, 6) is 0.624. The van der Waals surface area contributed by atoms with Crippen LogP contribution in [0.25, 0.3) is 6.08 Å². The molecule has 1 saturated heterocycles. The van der Waals surface area contributed by atoms with Gasteiger partial charge in [0.1, 0.15) is 4.88 Å². The van der Waals surface area contributed by atoms with Gasteiger partial charge in [-0.3, -0.25) is 19.3 Å². The molecular weight excluding hydrogens is 414 g/mol. The third-order valence-corrected chi connectivity index (χ3v) is 6.28. The third kappa shape index (κ3) is 3.99. The molecule has 1 N–H and O–H groups in total. The van der Waals surface area contributed by atoms with Crippen LogP contribution in [-0.2, 0) is 4.79 Å². The van der Waals surface area contributed by atoms with Crippen molar-refractivity contribution in [3.63, 3.8) is 0 Å². The fourth-order valence-electron chi connectivity index (χ4n) is 2.95. The first-order valence-electron chi connectivity index (χ1n) is 8.79. The molecule has 10 heteroatoms. The number of nitrogens with one attached hydrogen (secondary N) is 1. The van der Waals surface area contributed by atoms with E-state index < -0.39 is 0 Å².